The molecule has 5 N–H and O–H groups in total. The van der Waals surface area contributed by atoms with Gasteiger partial charge in [0.05, 0.1) is 27.0 Å². The Bertz CT molecular complexity index is 717. The van der Waals surface area contributed by atoms with Gasteiger partial charge in [-0.05, 0) is 30.3 Å². The lowest BCUT2D eigenvalue weighted by Gasteiger charge is -2.11. The van der Waals surface area contributed by atoms with E-state index in [1.165, 1.54) is 12.1 Å². The standard InChI is InChI=1S/C12H12ClN3O2S/c13-9-3-1-2-4-11(9)16-12-6-5-8(7-10(12)14)19(15,17)18/h1-7,16H,14H2,(H2,15,17,18). The Balaban J connectivity index is 2.36. The largest absolute Gasteiger partial charge is 0.397 e. The highest BCUT2D eigenvalue weighted by Crippen LogP contribution is 2.29. The van der Waals surface area contributed by atoms with Crippen LogP contribution in [-0.4, -0.2) is 8.42 Å². The van der Waals surface area contributed by atoms with E-state index >= 15 is 0 Å². The van der Waals surface area contributed by atoms with E-state index in [-0.39, 0.29) is 10.6 Å². The number of hydrogen-bond acceptors (Lipinski definition) is 4. The van der Waals surface area contributed by atoms with Gasteiger partial charge in [-0.1, -0.05) is 23.7 Å². The van der Waals surface area contributed by atoms with E-state index in [9.17, 15) is 8.42 Å². The lowest BCUT2D eigenvalue weighted by atomic mass is 10.2. The number of nitrogen functional groups attached to an aromatic ring is 1. The molecule has 2 aromatic carbocycles. The third-order valence-electron chi connectivity index (χ3n) is 2.49. The molecule has 0 saturated carbocycles. The Kier molecular flexibility index (Phi) is 3.66. The van der Waals surface area contributed by atoms with Crippen LogP contribution in [0.2, 0.25) is 5.02 Å². The lowest BCUT2D eigenvalue weighted by molar-refractivity contribution is 0.598. The van der Waals surface area contributed by atoms with Gasteiger partial charge in [0.2, 0.25) is 10.0 Å². The van der Waals surface area contributed by atoms with Crippen LogP contribution in [0.3, 0.4) is 0 Å². The summed E-state index contributed by atoms with van der Waals surface area (Å²) >= 11 is 6.01. The van der Waals surface area contributed by atoms with Gasteiger partial charge in [-0.25, -0.2) is 13.6 Å². The van der Waals surface area contributed by atoms with Crippen molar-refractivity contribution in [3.05, 3.63) is 47.5 Å². The number of hydrogen-bond donors (Lipinski definition) is 3. The van der Waals surface area contributed by atoms with Crippen LogP contribution in [0.4, 0.5) is 17.1 Å². The van der Waals surface area contributed by atoms with E-state index in [0.29, 0.717) is 16.4 Å². The molecular weight excluding hydrogens is 286 g/mol. The minimum Gasteiger partial charge on any atom is -0.397 e. The molecule has 0 aliphatic carbocycles. The topological polar surface area (TPSA) is 98.2 Å². The molecule has 2 rings (SSSR count). The lowest BCUT2D eigenvalue weighted by Crippen LogP contribution is -2.12. The van der Waals surface area contributed by atoms with Gasteiger partial charge in [0.15, 0.2) is 0 Å². The van der Waals surface area contributed by atoms with Gasteiger partial charge < -0.3 is 11.1 Å². The molecule has 19 heavy (non-hydrogen) atoms. The molecule has 0 aliphatic rings. The minimum absolute atomic E-state index is 0.0327. The number of rotatable bonds is 3. The van der Waals surface area contributed by atoms with Crippen molar-refractivity contribution < 1.29 is 8.42 Å². The second kappa shape index (κ2) is 5.08. The molecule has 0 amide bonds. The second-order valence-corrected chi connectivity index (χ2v) is 5.87. The third-order valence-corrected chi connectivity index (χ3v) is 3.74. The van der Waals surface area contributed by atoms with E-state index in [1.54, 1.807) is 24.3 Å². The van der Waals surface area contributed by atoms with Crippen LogP contribution in [0.25, 0.3) is 0 Å². The van der Waals surface area contributed by atoms with E-state index < -0.39 is 10.0 Å². The average molecular weight is 298 g/mol. The maximum atomic E-state index is 11.2. The molecule has 0 saturated heterocycles. The summed E-state index contributed by atoms with van der Waals surface area (Å²) < 4.78 is 22.4. The number of halogens is 1. The zero-order valence-electron chi connectivity index (χ0n) is 9.80. The fraction of sp³-hybridized carbons (Fsp3) is 0. The summed E-state index contributed by atoms with van der Waals surface area (Å²) in [6, 6.07) is 11.4. The number of anilines is 3. The van der Waals surface area contributed by atoms with Gasteiger partial charge >= 0.3 is 0 Å². The van der Waals surface area contributed by atoms with Gasteiger partial charge in [0, 0.05) is 0 Å². The number of nitrogens with one attached hydrogen (secondary N) is 1. The highest BCUT2D eigenvalue weighted by Gasteiger charge is 2.10. The van der Waals surface area contributed by atoms with Gasteiger partial charge in [0.1, 0.15) is 0 Å². The Morgan fingerprint density at radius 1 is 1.05 bits per heavy atom. The smallest absolute Gasteiger partial charge is 0.238 e. The molecule has 0 radical (unpaired) electrons. The second-order valence-electron chi connectivity index (χ2n) is 3.90. The van der Waals surface area contributed by atoms with Gasteiger partial charge in [-0.15, -0.1) is 0 Å². The first-order valence-electron chi connectivity index (χ1n) is 5.32. The number of benzene rings is 2. The monoisotopic (exact) mass is 297 g/mol. The highest BCUT2D eigenvalue weighted by molar-refractivity contribution is 7.89. The molecule has 0 fully saturated rings. The highest BCUT2D eigenvalue weighted by atomic mass is 35.5. The summed E-state index contributed by atoms with van der Waals surface area (Å²) in [6.45, 7) is 0. The predicted molar refractivity (Wildman–Crippen MR) is 77.0 cm³/mol. The summed E-state index contributed by atoms with van der Waals surface area (Å²) in [5, 5.41) is 8.59. The van der Waals surface area contributed by atoms with Gasteiger partial charge in [0.25, 0.3) is 0 Å². The Morgan fingerprint density at radius 3 is 2.32 bits per heavy atom. The average Bonchev–Trinajstić information content (AvgIpc) is 2.33. The van der Waals surface area contributed by atoms with Gasteiger partial charge in [-0.3, -0.25) is 0 Å². The fourth-order valence-corrected chi connectivity index (χ4v) is 2.27. The van der Waals surface area contributed by atoms with Crippen LogP contribution < -0.4 is 16.2 Å². The molecule has 0 aliphatic heterocycles. The zero-order valence-corrected chi connectivity index (χ0v) is 11.4. The van der Waals surface area contributed by atoms with E-state index in [1.807, 2.05) is 6.07 Å². The van der Waals surface area contributed by atoms with Crippen molar-refractivity contribution in [1.29, 1.82) is 0 Å². The zero-order chi connectivity index (χ0) is 14.0. The number of nitrogens with two attached hydrogens (primary N) is 2. The SMILES string of the molecule is Nc1cc(S(N)(=O)=O)ccc1Nc1ccccc1Cl. The van der Waals surface area contributed by atoms with Crippen LogP contribution in [0.15, 0.2) is 47.4 Å². The first-order valence-corrected chi connectivity index (χ1v) is 7.24. The molecular formula is C12H12ClN3O2S. The summed E-state index contributed by atoms with van der Waals surface area (Å²) in [7, 11) is -3.76. The van der Waals surface area contributed by atoms with E-state index in [0.717, 1.165) is 0 Å². The van der Waals surface area contributed by atoms with Crippen molar-refractivity contribution >= 4 is 38.7 Å². The van der Waals surface area contributed by atoms with Crippen molar-refractivity contribution in [2.45, 2.75) is 4.90 Å². The summed E-state index contributed by atoms with van der Waals surface area (Å²) in [5.74, 6) is 0. The predicted octanol–water partition coefficient (Wildman–Crippen LogP) is 2.31. The molecule has 0 spiro atoms. The number of primary sulfonamides is 1. The summed E-state index contributed by atoms with van der Waals surface area (Å²) in [6.07, 6.45) is 0. The molecule has 2 aromatic rings. The molecule has 0 heterocycles. The number of para-hydroxylation sites is 1. The van der Waals surface area contributed by atoms with Crippen molar-refractivity contribution in [3.8, 4) is 0 Å². The maximum absolute atomic E-state index is 11.2. The van der Waals surface area contributed by atoms with Gasteiger partial charge in [-0.2, -0.15) is 0 Å². The number of sulfonamides is 1. The van der Waals surface area contributed by atoms with Crippen molar-refractivity contribution in [1.82, 2.24) is 0 Å². The molecule has 0 atom stereocenters. The first-order chi connectivity index (χ1) is 8.88. The Labute approximate surface area is 116 Å². The van der Waals surface area contributed by atoms with Crippen LogP contribution in [0.1, 0.15) is 0 Å². The molecule has 0 bridgehead atoms. The van der Waals surface area contributed by atoms with Crippen LogP contribution in [0.5, 0.6) is 0 Å². The van der Waals surface area contributed by atoms with Crippen molar-refractivity contribution in [2.75, 3.05) is 11.1 Å². The molecule has 5 nitrogen and oxygen atoms in total. The Morgan fingerprint density at radius 2 is 1.74 bits per heavy atom. The van der Waals surface area contributed by atoms with Crippen LogP contribution in [-0.2, 0) is 10.0 Å². The molecule has 0 unspecified atom stereocenters. The van der Waals surface area contributed by atoms with Crippen molar-refractivity contribution in [2.24, 2.45) is 5.14 Å². The van der Waals surface area contributed by atoms with Crippen LogP contribution in [0, 0.1) is 0 Å². The normalized spacial score (nSPS) is 11.3. The summed E-state index contributed by atoms with van der Waals surface area (Å²) in [4.78, 5) is -0.0327. The van der Waals surface area contributed by atoms with Crippen molar-refractivity contribution in [3.63, 3.8) is 0 Å². The summed E-state index contributed by atoms with van der Waals surface area (Å²) in [5.41, 5.74) is 7.30. The maximum Gasteiger partial charge on any atom is 0.238 e. The minimum atomic E-state index is -3.76. The molecule has 7 heteroatoms. The van der Waals surface area contributed by atoms with E-state index in [2.05, 4.69) is 5.32 Å². The third kappa shape index (κ3) is 3.17. The molecule has 0 aromatic heterocycles. The van der Waals surface area contributed by atoms with Crippen LogP contribution >= 0.6 is 11.6 Å². The quantitative estimate of drug-likeness (QED) is 0.757. The fourth-order valence-electron chi connectivity index (χ4n) is 1.54. The first kappa shape index (κ1) is 13.7. The molecule has 100 valence electrons. The van der Waals surface area contributed by atoms with E-state index in [4.69, 9.17) is 22.5 Å². The Hall–Kier alpha value is -1.76.